The summed E-state index contributed by atoms with van der Waals surface area (Å²) in [5.41, 5.74) is 5.70. The van der Waals surface area contributed by atoms with Gasteiger partial charge in [0.15, 0.2) is 0 Å². The summed E-state index contributed by atoms with van der Waals surface area (Å²) in [5, 5.41) is 0. The molecular weight excluding hydrogens is 194 g/mol. The first-order valence-electron chi connectivity index (χ1n) is 4.78. The predicted molar refractivity (Wildman–Crippen MR) is 54.4 cm³/mol. The lowest BCUT2D eigenvalue weighted by Gasteiger charge is -2.32. The summed E-state index contributed by atoms with van der Waals surface area (Å²) in [6, 6.07) is 7.28. The van der Waals surface area contributed by atoms with E-state index in [2.05, 4.69) is 0 Å². The minimum absolute atomic E-state index is 0.418. The van der Waals surface area contributed by atoms with Crippen LogP contribution in [-0.4, -0.2) is 19.7 Å². The van der Waals surface area contributed by atoms with E-state index in [9.17, 15) is 4.79 Å². The van der Waals surface area contributed by atoms with Crippen molar-refractivity contribution < 1.29 is 14.3 Å². The van der Waals surface area contributed by atoms with Crippen LogP contribution in [0.4, 0.5) is 0 Å². The van der Waals surface area contributed by atoms with E-state index in [0.717, 1.165) is 0 Å². The van der Waals surface area contributed by atoms with Crippen LogP contribution < -0.4 is 10.5 Å². The quantitative estimate of drug-likeness (QED) is 0.692. The molecule has 2 rings (SSSR count). The standard InChI is InChI=1S/C11H13NO3/c1-14-10(13)11(12)6-7-15-9-5-3-2-4-8(9)11/h2-5H,6-7,12H2,1H3. The molecule has 1 unspecified atom stereocenters. The number of benzene rings is 1. The van der Waals surface area contributed by atoms with Crippen LogP contribution >= 0.6 is 0 Å². The summed E-state index contributed by atoms with van der Waals surface area (Å²) >= 11 is 0. The monoisotopic (exact) mass is 207 g/mol. The molecule has 2 N–H and O–H groups in total. The number of hydrogen-bond acceptors (Lipinski definition) is 4. The number of ether oxygens (including phenoxy) is 2. The second-order valence-electron chi connectivity index (χ2n) is 3.56. The molecular formula is C11H13NO3. The van der Waals surface area contributed by atoms with Crippen molar-refractivity contribution in [2.45, 2.75) is 12.0 Å². The number of esters is 1. The molecule has 1 aromatic carbocycles. The molecule has 4 heteroatoms. The normalized spacial score (nSPS) is 23.9. The van der Waals surface area contributed by atoms with Crippen LogP contribution in [0.3, 0.4) is 0 Å². The average molecular weight is 207 g/mol. The highest BCUT2D eigenvalue weighted by Gasteiger charge is 2.41. The van der Waals surface area contributed by atoms with Gasteiger partial charge >= 0.3 is 5.97 Å². The van der Waals surface area contributed by atoms with Crippen LogP contribution in [0.1, 0.15) is 12.0 Å². The maximum atomic E-state index is 11.6. The highest BCUT2D eigenvalue weighted by atomic mass is 16.5. The number of para-hydroxylation sites is 1. The van der Waals surface area contributed by atoms with E-state index in [1.165, 1.54) is 7.11 Å². The highest BCUT2D eigenvalue weighted by Crippen LogP contribution is 2.35. The topological polar surface area (TPSA) is 61.5 Å². The average Bonchev–Trinajstić information content (AvgIpc) is 2.28. The van der Waals surface area contributed by atoms with Crippen LogP contribution in [0.2, 0.25) is 0 Å². The number of rotatable bonds is 1. The highest BCUT2D eigenvalue weighted by molar-refractivity contribution is 5.83. The van der Waals surface area contributed by atoms with Crippen LogP contribution in [0.25, 0.3) is 0 Å². The van der Waals surface area contributed by atoms with Crippen molar-refractivity contribution in [3.05, 3.63) is 29.8 Å². The van der Waals surface area contributed by atoms with Gasteiger partial charge in [-0.05, 0) is 6.07 Å². The Morgan fingerprint density at radius 1 is 1.53 bits per heavy atom. The van der Waals surface area contributed by atoms with Gasteiger partial charge in [-0.3, -0.25) is 0 Å². The summed E-state index contributed by atoms with van der Waals surface area (Å²) in [5.74, 6) is 0.245. The molecule has 1 aliphatic rings. The fourth-order valence-electron chi connectivity index (χ4n) is 1.81. The van der Waals surface area contributed by atoms with Crippen LogP contribution in [0.5, 0.6) is 5.75 Å². The number of carbonyl (C=O) groups is 1. The van der Waals surface area contributed by atoms with Crippen molar-refractivity contribution in [3.8, 4) is 5.75 Å². The SMILES string of the molecule is COC(=O)C1(N)CCOc2ccccc21. The first-order valence-corrected chi connectivity index (χ1v) is 4.78. The Labute approximate surface area is 88.0 Å². The third-order valence-electron chi connectivity index (χ3n) is 2.67. The maximum absolute atomic E-state index is 11.6. The summed E-state index contributed by atoms with van der Waals surface area (Å²) in [7, 11) is 1.34. The molecule has 4 nitrogen and oxygen atoms in total. The van der Waals surface area contributed by atoms with Crippen molar-refractivity contribution in [1.82, 2.24) is 0 Å². The van der Waals surface area contributed by atoms with Gasteiger partial charge in [0.2, 0.25) is 0 Å². The van der Waals surface area contributed by atoms with Crippen molar-refractivity contribution >= 4 is 5.97 Å². The fourth-order valence-corrected chi connectivity index (χ4v) is 1.81. The van der Waals surface area contributed by atoms with Gasteiger partial charge in [0.05, 0.1) is 13.7 Å². The molecule has 0 aromatic heterocycles. The molecule has 1 heterocycles. The third-order valence-corrected chi connectivity index (χ3v) is 2.67. The van der Waals surface area contributed by atoms with Crippen molar-refractivity contribution in [2.24, 2.45) is 5.73 Å². The second kappa shape index (κ2) is 3.55. The van der Waals surface area contributed by atoms with E-state index < -0.39 is 11.5 Å². The fraction of sp³-hybridized carbons (Fsp3) is 0.364. The van der Waals surface area contributed by atoms with E-state index in [0.29, 0.717) is 24.3 Å². The minimum Gasteiger partial charge on any atom is -0.493 e. The molecule has 0 fully saturated rings. The molecule has 0 radical (unpaired) electrons. The molecule has 0 bridgehead atoms. The lowest BCUT2D eigenvalue weighted by molar-refractivity contribution is -0.148. The summed E-state index contributed by atoms with van der Waals surface area (Å²) in [4.78, 5) is 11.6. The number of nitrogens with two attached hydrogens (primary N) is 1. The van der Waals surface area contributed by atoms with Crippen molar-refractivity contribution in [1.29, 1.82) is 0 Å². The molecule has 0 spiro atoms. The molecule has 1 aromatic rings. The first kappa shape index (κ1) is 9.98. The zero-order chi connectivity index (χ0) is 10.9. The Morgan fingerprint density at radius 2 is 2.27 bits per heavy atom. The minimum atomic E-state index is -1.07. The Balaban J connectivity index is 2.49. The smallest absolute Gasteiger partial charge is 0.330 e. The van der Waals surface area contributed by atoms with Gasteiger partial charge < -0.3 is 15.2 Å². The van der Waals surface area contributed by atoms with Gasteiger partial charge in [0, 0.05) is 12.0 Å². The van der Waals surface area contributed by atoms with Crippen LogP contribution in [-0.2, 0) is 15.1 Å². The number of hydrogen-bond donors (Lipinski definition) is 1. The van der Waals surface area contributed by atoms with Gasteiger partial charge in [0.1, 0.15) is 11.3 Å². The molecule has 0 amide bonds. The van der Waals surface area contributed by atoms with Crippen molar-refractivity contribution in [3.63, 3.8) is 0 Å². The number of methoxy groups -OCH3 is 1. The van der Waals surface area contributed by atoms with Gasteiger partial charge in [-0.25, -0.2) is 4.79 Å². The second-order valence-corrected chi connectivity index (χ2v) is 3.56. The predicted octanol–water partition coefficient (Wildman–Crippen LogP) is 0.796. The zero-order valence-corrected chi connectivity index (χ0v) is 8.53. The zero-order valence-electron chi connectivity index (χ0n) is 8.53. The molecule has 1 atom stereocenters. The summed E-state index contributed by atoms with van der Waals surface area (Å²) in [6.45, 7) is 0.433. The molecule has 0 aliphatic carbocycles. The summed E-state index contributed by atoms with van der Waals surface area (Å²) < 4.78 is 10.2. The maximum Gasteiger partial charge on any atom is 0.330 e. The van der Waals surface area contributed by atoms with Gasteiger partial charge in [-0.2, -0.15) is 0 Å². The van der Waals surface area contributed by atoms with E-state index in [4.69, 9.17) is 15.2 Å². The molecule has 80 valence electrons. The molecule has 0 saturated carbocycles. The van der Waals surface area contributed by atoms with E-state index in [1.54, 1.807) is 12.1 Å². The Bertz CT molecular complexity index is 391. The van der Waals surface area contributed by atoms with Gasteiger partial charge in [-0.1, -0.05) is 18.2 Å². The third kappa shape index (κ3) is 1.47. The largest absolute Gasteiger partial charge is 0.493 e. The Kier molecular flexibility index (Phi) is 2.36. The molecule has 0 saturated heterocycles. The van der Waals surface area contributed by atoms with Crippen molar-refractivity contribution in [2.75, 3.05) is 13.7 Å². The van der Waals surface area contributed by atoms with Gasteiger partial charge in [-0.15, -0.1) is 0 Å². The van der Waals surface area contributed by atoms with Crippen LogP contribution in [0.15, 0.2) is 24.3 Å². The lowest BCUT2D eigenvalue weighted by atomic mass is 9.85. The number of carbonyl (C=O) groups excluding carboxylic acids is 1. The number of fused-ring (bicyclic) bond motifs is 1. The van der Waals surface area contributed by atoms with E-state index in [1.807, 2.05) is 12.1 Å². The van der Waals surface area contributed by atoms with Gasteiger partial charge in [0.25, 0.3) is 0 Å². The Morgan fingerprint density at radius 3 is 3.00 bits per heavy atom. The van der Waals surface area contributed by atoms with E-state index >= 15 is 0 Å². The Hall–Kier alpha value is -1.55. The van der Waals surface area contributed by atoms with E-state index in [-0.39, 0.29) is 0 Å². The molecule has 15 heavy (non-hydrogen) atoms. The first-order chi connectivity index (χ1) is 7.18. The lowest BCUT2D eigenvalue weighted by Crippen LogP contribution is -2.49. The summed E-state index contributed by atoms with van der Waals surface area (Å²) in [6.07, 6.45) is 0.441. The van der Waals surface area contributed by atoms with Crippen LogP contribution in [0, 0.1) is 0 Å². The molecule has 1 aliphatic heterocycles.